The number of aliphatic imine (C=N–C) groups is 1. The lowest BCUT2D eigenvalue weighted by Crippen LogP contribution is -2.46. The second-order valence-electron chi connectivity index (χ2n) is 19.6. The first kappa shape index (κ1) is 54.7. The molecular formula is C57H51Cl3N12O8. The number of allylic oxidation sites excluding steroid dienone is 1. The van der Waals surface area contributed by atoms with E-state index < -0.39 is 33.9 Å². The van der Waals surface area contributed by atoms with E-state index in [-0.39, 0.29) is 93.3 Å². The first-order chi connectivity index (χ1) is 38.5. The number of nitrogens with two attached hydrogens (primary N) is 1. The number of aliphatic hydroxyl groups is 1. The highest BCUT2D eigenvalue weighted by atomic mass is 35.5. The summed E-state index contributed by atoms with van der Waals surface area (Å²) < 4.78 is 20.3. The van der Waals surface area contributed by atoms with Gasteiger partial charge >= 0.3 is 0 Å². The van der Waals surface area contributed by atoms with E-state index in [2.05, 4.69) is 40.8 Å². The molecular weight excluding hydrogens is 1090 g/mol. The predicted molar refractivity (Wildman–Crippen MR) is 303 cm³/mol. The second-order valence-corrected chi connectivity index (χ2v) is 20.8. The fourth-order valence-electron chi connectivity index (χ4n) is 8.82. The first-order valence-electron chi connectivity index (χ1n) is 25.1. The van der Waals surface area contributed by atoms with Gasteiger partial charge in [-0.05, 0) is 60.5 Å². The van der Waals surface area contributed by atoms with E-state index in [1.54, 1.807) is 48.5 Å². The van der Waals surface area contributed by atoms with Gasteiger partial charge < -0.3 is 35.7 Å². The van der Waals surface area contributed by atoms with Gasteiger partial charge in [0.05, 0.1) is 38.3 Å². The summed E-state index contributed by atoms with van der Waals surface area (Å²) in [4.78, 5) is 77.8. The molecule has 1 aliphatic rings. The standard InChI is InChI=1S/C57H51Cl3N12O8/c1-56(2,29-33-24-41(60)49(52(75)62-32-57(77)20-22-78-23-21-57)43(25-33)80-31-39-27-47(74)72-55(65-39)68-51(70-72)35-12-7-4-8-13-35)44(61)28-45(63-37-18-16-36(58)17-19-37)66-53(76)48-40(59)14-9-15-42(48)79-30-38-26-46(73)71-54(64-38)67-50(69-71)34-10-5-3-6-11-34/h3-19,24-28,77H,20-23,29-32,61H2,1-2H3,(H,62,75)(H,63,66,76)(H,64,67,69)(H,65,68,70). The Kier molecular flexibility index (Phi) is 16.0. The summed E-state index contributed by atoms with van der Waals surface area (Å²) in [6.45, 7) is 3.87. The van der Waals surface area contributed by atoms with Crippen molar-refractivity contribution in [2.24, 2.45) is 16.1 Å². The van der Waals surface area contributed by atoms with E-state index in [9.17, 15) is 24.3 Å². The third kappa shape index (κ3) is 12.6. The molecule has 1 fully saturated rings. The summed E-state index contributed by atoms with van der Waals surface area (Å²) in [6, 6.07) is 35.7. The highest BCUT2D eigenvalue weighted by Crippen LogP contribution is 2.36. The number of H-pyrrole nitrogens is 2. The van der Waals surface area contributed by atoms with Crippen LogP contribution in [0.1, 0.15) is 64.4 Å². The minimum atomic E-state index is -1.19. The first-order valence-corrected chi connectivity index (χ1v) is 26.3. The van der Waals surface area contributed by atoms with Gasteiger partial charge in [-0.2, -0.15) is 19.0 Å². The molecule has 4 aromatic heterocycles. The molecule has 0 radical (unpaired) electrons. The molecule has 5 heterocycles. The number of hydrogen-bond acceptors (Lipinski definition) is 14. The van der Waals surface area contributed by atoms with Gasteiger partial charge in [-0.15, -0.1) is 0 Å². The van der Waals surface area contributed by atoms with Crippen LogP contribution in [0.2, 0.25) is 15.1 Å². The van der Waals surface area contributed by atoms with Crippen LogP contribution >= 0.6 is 34.8 Å². The number of fused-ring (bicyclic) bond motifs is 2. The number of benzene rings is 5. The topological polar surface area (TPSA) is 271 Å². The Morgan fingerprint density at radius 3 is 1.89 bits per heavy atom. The summed E-state index contributed by atoms with van der Waals surface area (Å²) in [7, 11) is 0. The van der Waals surface area contributed by atoms with Crippen molar-refractivity contribution in [1.29, 1.82) is 0 Å². The Bertz CT molecular complexity index is 3970. The van der Waals surface area contributed by atoms with Crippen LogP contribution in [0.4, 0.5) is 5.69 Å². The smallest absolute Gasteiger partial charge is 0.274 e. The summed E-state index contributed by atoms with van der Waals surface area (Å²) >= 11 is 20.0. The maximum absolute atomic E-state index is 14.4. The molecule has 10 rings (SSSR count). The molecule has 0 unspecified atom stereocenters. The highest BCUT2D eigenvalue weighted by molar-refractivity contribution is 6.35. The molecule has 2 amide bonds. The van der Waals surface area contributed by atoms with Crippen molar-refractivity contribution >= 4 is 69.7 Å². The maximum atomic E-state index is 14.4. The van der Waals surface area contributed by atoms with Crippen LogP contribution in [-0.4, -0.2) is 87.3 Å². The van der Waals surface area contributed by atoms with Crippen LogP contribution < -0.4 is 37.0 Å². The van der Waals surface area contributed by atoms with Crippen LogP contribution in [0.15, 0.2) is 154 Å². The van der Waals surface area contributed by atoms with Gasteiger partial charge in [0.1, 0.15) is 36.1 Å². The quantitative estimate of drug-likeness (QED) is 0.0369. The van der Waals surface area contributed by atoms with Crippen LogP contribution in [0.25, 0.3) is 34.3 Å². The van der Waals surface area contributed by atoms with E-state index in [4.69, 9.17) is 59.7 Å². The van der Waals surface area contributed by atoms with Crippen molar-refractivity contribution in [3.63, 3.8) is 0 Å². The summed E-state index contributed by atoms with van der Waals surface area (Å²) in [5.74, 6) is -0.00879. The van der Waals surface area contributed by atoms with Crippen molar-refractivity contribution in [2.45, 2.75) is 51.9 Å². The number of carbonyl (C=O) groups excluding carboxylic acids is 2. The minimum absolute atomic E-state index is 0.0130. The number of carbonyl (C=O) groups is 2. The Labute approximate surface area is 471 Å². The molecule has 408 valence electrons. The van der Waals surface area contributed by atoms with Gasteiger partial charge in [-0.1, -0.05) is 115 Å². The summed E-state index contributed by atoms with van der Waals surface area (Å²) in [5.41, 5.74) is 7.22. The van der Waals surface area contributed by atoms with Crippen LogP contribution in [0.3, 0.4) is 0 Å². The molecule has 80 heavy (non-hydrogen) atoms. The van der Waals surface area contributed by atoms with E-state index in [0.29, 0.717) is 54.0 Å². The van der Waals surface area contributed by atoms with Crippen LogP contribution in [-0.2, 0) is 24.4 Å². The molecule has 0 saturated carbocycles. The lowest BCUT2D eigenvalue weighted by molar-refractivity contribution is -0.0605. The van der Waals surface area contributed by atoms with Crippen molar-refractivity contribution in [1.82, 2.24) is 49.8 Å². The van der Waals surface area contributed by atoms with Crippen molar-refractivity contribution in [3.8, 4) is 34.3 Å². The number of nitrogens with zero attached hydrogens (tertiary/aromatic N) is 7. The fraction of sp³-hybridized carbons (Fsp3) is 0.211. The van der Waals surface area contributed by atoms with E-state index in [1.807, 2.05) is 74.5 Å². The van der Waals surface area contributed by atoms with Crippen molar-refractivity contribution in [2.75, 3.05) is 19.8 Å². The molecule has 0 bridgehead atoms. The van der Waals surface area contributed by atoms with Gasteiger partial charge in [-0.25, -0.2) is 15.0 Å². The Hall–Kier alpha value is -8.66. The second kappa shape index (κ2) is 23.4. The number of aromatic nitrogens is 8. The predicted octanol–water partition coefficient (Wildman–Crippen LogP) is 8.44. The number of hydrogen-bond donors (Lipinski definition) is 6. The van der Waals surface area contributed by atoms with Crippen molar-refractivity contribution < 1.29 is 28.9 Å². The molecule has 9 aromatic rings. The zero-order chi connectivity index (χ0) is 56.1. The Morgan fingerprint density at radius 1 is 0.738 bits per heavy atom. The van der Waals surface area contributed by atoms with Crippen LogP contribution in [0.5, 0.6) is 11.5 Å². The van der Waals surface area contributed by atoms with Crippen LogP contribution in [0, 0.1) is 5.41 Å². The molecule has 1 saturated heterocycles. The van der Waals surface area contributed by atoms with Gasteiger partial charge in [0.25, 0.3) is 34.5 Å². The largest absolute Gasteiger partial charge is 0.486 e. The normalized spacial score (nSPS) is 13.8. The lowest BCUT2D eigenvalue weighted by Gasteiger charge is -2.32. The highest BCUT2D eigenvalue weighted by Gasteiger charge is 2.32. The molecule has 1 aliphatic heterocycles. The number of aromatic amines is 2. The number of ether oxygens (including phenoxy) is 3. The summed E-state index contributed by atoms with van der Waals surface area (Å²) in [5, 5.41) is 23.4. The fourth-order valence-corrected chi connectivity index (χ4v) is 9.52. The molecule has 23 heteroatoms. The van der Waals surface area contributed by atoms with Gasteiger partial charge in [0, 0.05) is 78.1 Å². The van der Waals surface area contributed by atoms with E-state index in [1.165, 1.54) is 33.3 Å². The average Bonchev–Trinajstić information content (AvgIpc) is 4.09. The zero-order valence-electron chi connectivity index (χ0n) is 43.0. The molecule has 0 aliphatic carbocycles. The van der Waals surface area contributed by atoms with Gasteiger partial charge in [-0.3, -0.25) is 29.4 Å². The SMILES string of the molecule is CC(C)(Cc1cc(Cl)c(C(=O)NCC2(O)CCOCC2)c(OCc2cc(=O)n3[nH]c(-c4ccccc4)nc3n2)c1)C(N)=CC(=Nc1ccc(Cl)cc1)NC(=O)c1c(Cl)cccc1OCc1cc(=O)n2[nH]c(-c3ccccc3)nc2n1. The minimum Gasteiger partial charge on any atom is -0.486 e. The number of rotatable bonds is 17. The molecule has 5 aromatic carbocycles. The number of nitrogens with one attached hydrogen (secondary N) is 4. The van der Waals surface area contributed by atoms with Crippen molar-refractivity contribution in [3.05, 3.63) is 203 Å². The van der Waals surface area contributed by atoms with Gasteiger partial charge in [0.15, 0.2) is 11.6 Å². The molecule has 7 N–H and O–H groups in total. The third-order valence-corrected chi connectivity index (χ3v) is 14.1. The maximum Gasteiger partial charge on any atom is 0.274 e. The number of amidine groups is 1. The monoisotopic (exact) mass is 1140 g/mol. The summed E-state index contributed by atoms with van der Waals surface area (Å²) in [6.07, 6.45) is 2.37. The van der Waals surface area contributed by atoms with E-state index >= 15 is 0 Å². The molecule has 0 spiro atoms. The van der Waals surface area contributed by atoms with Gasteiger partial charge in [0.2, 0.25) is 0 Å². The molecule has 0 atom stereocenters. The zero-order valence-corrected chi connectivity index (χ0v) is 45.3. The lowest BCUT2D eigenvalue weighted by atomic mass is 9.82. The number of halogens is 3. The average molecular weight is 1140 g/mol. The van der Waals surface area contributed by atoms with E-state index in [0.717, 1.165) is 11.1 Å². The Balaban J connectivity index is 0.914. The number of amides is 2. The third-order valence-electron chi connectivity index (χ3n) is 13.2. The molecule has 20 nitrogen and oxygen atoms in total. The Morgan fingerprint density at radius 2 is 1.30 bits per heavy atom.